The number of nitrogens with one attached hydrogen (secondary N) is 1. The molecule has 1 heterocycles. The summed E-state index contributed by atoms with van der Waals surface area (Å²) in [7, 11) is 3.27. The lowest BCUT2D eigenvalue weighted by molar-refractivity contribution is -0.147. The molecule has 0 spiro atoms. The Morgan fingerprint density at radius 1 is 1.32 bits per heavy atom. The van der Waals surface area contributed by atoms with Crippen LogP contribution in [-0.2, 0) is 20.9 Å². The third-order valence-corrected chi connectivity index (χ3v) is 3.25. The Hall–Kier alpha value is -1.59. The molecule has 0 radical (unpaired) electrons. The minimum Gasteiger partial charge on any atom is -0.497 e. The average molecular weight is 265 g/mol. The fourth-order valence-electron chi connectivity index (χ4n) is 2.04. The zero-order chi connectivity index (χ0) is 13.7. The van der Waals surface area contributed by atoms with E-state index in [0.29, 0.717) is 13.0 Å². The summed E-state index contributed by atoms with van der Waals surface area (Å²) in [5.74, 6) is 0.561. The standard InChI is InChI=1S/C14H19NO4/c1-17-11-5-3-10(4-6-11)9-19-14(16)13-7-12(18-2)8-15-13/h3-6,12-13,15H,7-9H2,1-2H3. The van der Waals surface area contributed by atoms with Gasteiger partial charge in [-0.05, 0) is 17.7 Å². The molecule has 2 atom stereocenters. The number of rotatable bonds is 5. The minimum atomic E-state index is -0.261. The molecular formula is C14H19NO4. The zero-order valence-corrected chi connectivity index (χ0v) is 11.2. The highest BCUT2D eigenvalue weighted by Gasteiger charge is 2.30. The lowest BCUT2D eigenvalue weighted by atomic mass is 10.2. The summed E-state index contributed by atoms with van der Waals surface area (Å²) in [6.07, 6.45) is 0.760. The highest BCUT2D eigenvalue weighted by molar-refractivity contribution is 5.76. The van der Waals surface area contributed by atoms with Gasteiger partial charge in [0.15, 0.2) is 0 Å². The van der Waals surface area contributed by atoms with Crippen molar-refractivity contribution >= 4 is 5.97 Å². The third-order valence-electron chi connectivity index (χ3n) is 3.25. The van der Waals surface area contributed by atoms with Gasteiger partial charge in [-0.3, -0.25) is 4.79 Å². The predicted octanol–water partition coefficient (Wildman–Crippen LogP) is 1.12. The Labute approximate surface area is 112 Å². The van der Waals surface area contributed by atoms with Gasteiger partial charge in [-0.25, -0.2) is 0 Å². The summed E-state index contributed by atoms with van der Waals surface area (Å²) in [6, 6.07) is 7.19. The van der Waals surface area contributed by atoms with E-state index in [1.807, 2.05) is 24.3 Å². The fraction of sp³-hybridized carbons (Fsp3) is 0.500. The molecule has 1 saturated heterocycles. The average Bonchev–Trinajstić information content (AvgIpc) is 2.94. The van der Waals surface area contributed by atoms with E-state index in [-0.39, 0.29) is 24.7 Å². The summed E-state index contributed by atoms with van der Waals surface area (Å²) in [4.78, 5) is 11.8. The maximum Gasteiger partial charge on any atom is 0.323 e. The highest BCUT2D eigenvalue weighted by atomic mass is 16.5. The molecule has 0 aliphatic carbocycles. The van der Waals surface area contributed by atoms with Gasteiger partial charge >= 0.3 is 5.97 Å². The molecular weight excluding hydrogens is 246 g/mol. The number of ether oxygens (including phenoxy) is 3. The number of esters is 1. The molecule has 1 aliphatic heterocycles. The Morgan fingerprint density at radius 3 is 2.63 bits per heavy atom. The van der Waals surface area contributed by atoms with Crippen LogP contribution in [0.25, 0.3) is 0 Å². The van der Waals surface area contributed by atoms with Gasteiger partial charge in [0.1, 0.15) is 18.4 Å². The van der Waals surface area contributed by atoms with Gasteiger partial charge in [-0.15, -0.1) is 0 Å². The van der Waals surface area contributed by atoms with E-state index in [9.17, 15) is 4.79 Å². The topological polar surface area (TPSA) is 56.8 Å². The molecule has 0 bridgehead atoms. The molecule has 5 heteroatoms. The first kappa shape index (κ1) is 13.8. The maximum atomic E-state index is 11.8. The Bertz CT molecular complexity index is 418. The van der Waals surface area contributed by atoms with Crippen LogP contribution < -0.4 is 10.1 Å². The summed E-state index contributed by atoms with van der Waals surface area (Å²) in [5.41, 5.74) is 0.940. The molecule has 1 N–H and O–H groups in total. The lowest BCUT2D eigenvalue weighted by Crippen LogP contribution is -2.32. The van der Waals surface area contributed by atoms with E-state index < -0.39 is 0 Å². The zero-order valence-electron chi connectivity index (χ0n) is 11.2. The molecule has 1 fully saturated rings. The van der Waals surface area contributed by atoms with Crippen LogP contribution in [0.1, 0.15) is 12.0 Å². The number of methoxy groups -OCH3 is 2. The van der Waals surface area contributed by atoms with Crippen molar-refractivity contribution in [2.75, 3.05) is 20.8 Å². The Morgan fingerprint density at radius 2 is 2.05 bits per heavy atom. The summed E-state index contributed by atoms with van der Waals surface area (Å²) in [5, 5.41) is 3.09. The smallest absolute Gasteiger partial charge is 0.323 e. The van der Waals surface area contributed by atoms with Crippen LogP contribution in [0.15, 0.2) is 24.3 Å². The van der Waals surface area contributed by atoms with Crippen molar-refractivity contribution in [2.24, 2.45) is 0 Å². The van der Waals surface area contributed by atoms with E-state index in [0.717, 1.165) is 11.3 Å². The van der Waals surface area contributed by atoms with Crippen LogP contribution in [0.3, 0.4) is 0 Å². The Kier molecular flexibility index (Phi) is 4.76. The summed E-state index contributed by atoms with van der Waals surface area (Å²) in [6.45, 7) is 0.970. The van der Waals surface area contributed by atoms with Gasteiger partial charge < -0.3 is 19.5 Å². The third kappa shape index (κ3) is 3.68. The van der Waals surface area contributed by atoms with Crippen LogP contribution in [0.4, 0.5) is 0 Å². The van der Waals surface area contributed by atoms with Gasteiger partial charge in [-0.2, -0.15) is 0 Å². The van der Waals surface area contributed by atoms with Gasteiger partial charge in [-0.1, -0.05) is 12.1 Å². The van der Waals surface area contributed by atoms with E-state index in [1.54, 1.807) is 14.2 Å². The molecule has 1 aromatic rings. The van der Waals surface area contributed by atoms with Crippen molar-refractivity contribution in [2.45, 2.75) is 25.2 Å². The first-order valence-corrected chi connectivity index (χ1v) is 6.28. The SMILES string of the molecule is COc1ccc(COC(=O)C2CC(OC)CN2)cc1. The van der Waals surface area contributed by atoms with Crippen molar-refractivity contribution < 1.29 is 19.0 Å². The molecule has 1 aromatic carbocycles. The molecule has 0 saturated carbocycles. The normalized spacial score (nSPS) is 22.2. The number of hydrogen-bond donors (Lipinski definition) is 1. The van der Waals surface area contributed by atoms with Gasteiger partial charge in [0.05, 0.1) is 13.2 Å². The van der Waals surface area contributed by atoms with Crippen LogP contribution in [0, 0.1) is 0 Å². The molecule has 0 aromatic heterocycles. The van der Waals surface area contributed by atoms with Gasteiger partial charge in [0.25, 0.3) is 0 Å². The number of benzene rings is 1. The molecule has 2 rings (SSSR count). The second-order valence-corrected chi connectivity index (χ2v) is 4.51. The van der Waals surface area contributed by atoms with E-state index in [2.05, 4.69) is 5.32 Å². The maximum absolute atomic E-state index is 11.8. The van der Waals surface area contributed by atoms with Gasteiger partial charge in [0.2, 0.25) is 0 Å². The number of carbonyl (C=O) groups excluding carboxylic acids is 1. The number of carbonyl (C=O) groups is 1. The molecule has 104 valence electrons. The van der Waals surface area contributed by atoms with Crippen molar-refractivity contribution in [3.8, 4) is 5.75 Å². The first-order valence-electron chi connectivity index (χ1n) is 6.28. The van der Waals surface area contributed by atoms with E-state index in [1.165, 1.54) is 0 Å². The second-order valence-electron chi connectivity index (χ2n) is 4.51. The number of hydrogen-bond acceptors (Lipinski definition) is 5. The lowest BCUT2D eigenvalue weighted by Gasteiger charge is -2.10. The summed E-state index contributed by atoms with van der Waals surface area (Å²) < 4.78 is 15.5. The second kappa shape index (κ2) is 6.54. The molecule has 19 heavy (non-hydrogen) atoms. The van der Waals surface area contributed by atoms with Crippen molar-refractivity contribution in [3.63, 3.8) is 0 Å². The van der Waals surface area contributed by atoms with Crippen LogP contribution >= 0.6 is 0 Å². The van der Waals surface area contributed by atoms with Crippen molar-refractivity contribution in [1.29, 1.82) is 0 Å². The predicted molar refractivity (Wildman–Crippen MR) is 70.0 cm³/mol. The largest absolute Gasteiger partial charge is 0.497 e. The van der Waals surface area contributed by atoms with Crippen LogP contribution in [0.5, 0.6) is 5.75 Å². The first-order chi connectivity index (χ1) is 9.22. The molecule has 1 aliphatic rings. The fourth-order valence-corrected chi connectivity index (χ4v) is 2.04. The quantitative estimate of drug-likeness (QED) is 0.808. The van der Waals surface area contributed by atoms with Crippen molar-refractivity contribution in [1.82, 2.24) is 5.32 Å². The molecule has 0 amide bonds. The highest BCUT2D eigenvalue weighted by Crippen LogP contribution is 2.14. The Balaban J connectivity index is 1.80. The van der Waals surface area contributed by atoms with Crippen LogP contribution in [0.2, 0.25) is 0 Å². The monoisotopic (exact) mass is 265 g/mol. The minimum absolute atomic E-state index is 0.0959. The van der Waals surface area contributed by atoms with Gasteiger partial charge in [0, 0.05) is 20.1 Å². The van der Waals surface area contributed by atoms with Crippen LogP contribution in [-0.4, -0.2) is 38.9 Å². The van der Waals surface area contributed by atoms with E-state index in [4.69, 9.17) is 14.2 Å². The van der Waals surface area contributed by atoms with E-state index >= 15 is 0 Å². The molecule has 5 nitrogen and oxygen atoms in total. The molecule has 2 unspecified atom stereocenters. The van der Waals surface area contributed by atoms with Crippen molar-refractivity contribution in [3.05, 3.63) is 29.8 Å². The summed E-state index contributed by atoms with van der Waals surface area (Å²) >= 11 is 0.